The first-order valence-corrected chi connectivity index (χ1v) is 15.7. The molecule has 0 aliphatic carbocycles. The van der Waals surface area contributed by atoms with Crippen LogP contribution in [0, 0.1) is 5.92 Å². The maximum Gasteiger partial charge on any atom is 0.312 e. The van der Waals surface area contributed by atoms with Gasteiger partial charge >= 0.3 is 5.97 Å². The van der Waals surface area contributed by atoms with E-state index >= 15 is 0 Å². The van der Waals surface area contributed by atoms with E-state index in [2.05, 4.69) is 31.2 Å². The van der Waals surface area contributed by atoms with Gasteiger partial charge in [-0.1, -0.05) is 76.7 Å². The summed E-state index contributed by atoms with van der Waals surface area (Å²) in [5, 5.41) is 11.0. The summed E-state index contributed by atoms with van der Waals surface area (Å²) in [5.74, 6) is -0.852. The Labute approximate surface area is 234 Å². The van der Waals surface area contributed by atoms with E-state index in [0.717, 1.165) is 58.0 Å². The summed E-state index contributed by atoms with van der Waals surface area (Å²) in [5.41, 5.74) is -0.559. The lowest BCUT2D eigenvalue weighted by Crippen LogP contribution is -2.38. The molecule has 0 aromatic carbocycles. The number of unbranched alkanes of at least 4 members (excludes halogenated alkanes) is 8. The van der Waals surface area contributed by atoms with E-state index in [4.69, 9.17) is 14.2 Å². The minimum Gasteiger partial charge on any atom is -0.460 e. The van der Waals surface area contributed by atoms with E-state index in [9.17, 15) is 9.90 Å². The Morgan fingerprint density at radius 2 is 1.61 bits per heavy atom. The zero-order valence-electron chi connectivity index (χ0n) is 25.4. The number of hydrogen-bond acceptors (Lipinski definition) is 5. The zero-order valence-corrected chi connectivity index (χ0v) is 25.4. The number of hydrogen-bond donors (Lipinski definition) is 1. The third-order valence-corrected chi connectivity index (χ3v) is 7.08. The topological polar surface area (TPSA) is 65.0 Å². The van der Waals surface area contributed by atoms with Gasteiger partial charge in [0.25, 0.3) is 0 Å². The molecule has 0 bridgehead atoms. The molecule has 5 nitrogen and oxygen atoms in total. The van der Waals surface area contributed by atoms with Crippen LogP contribution in [0.1, 0.15) is 144 Å². The van der Waals surface area contributed by atoms with E-state index in [1.807, 2.05) is 27.7 Å². The largest absolute Gasteiger partial charge is 0.460 e. The van der Waals surface area contributed by atoms with Crippen molar-refractivity contribution >= 4 is 5.97 Å². The van der Waals surface area contributed by atoms with Gasteiger partial charge in [-0.05, 0) is 85.0 Å². The average molecular weight is 537 g/mol. The summed E-state index contributed by atoms with van der Waals surface area (Å²) in [4.78, 5) is 12.7. The standard InChI is InChI=1S/C33H60O5/c1-6-8-9-10-11-12-13-14-15-16-17-18-19-20-21-24-28(37-31-25-22-23-26-36-31)27-30(34)29(7-2)32(35)38-33(3,4)5/h11-12,14-15,28-31,34H,6-10,13,16-27H2,1-5H3/b12-11-,15-14-. The van der Waals surface area contributed by atoms with Crippen LogP contribution in [-0.4, -0.2) is 41.8 Å². The lowest BCUT2D eigenvalue weighted by Gasteiger charge is -2.31. The summed E-state index contributed by atoms with van der Waals surface area (Å²) in [6.45, 7) is 10.5. The molecule has 1 aliphatic heterocycles. The van der Waals surface area contributed by atoms with Gasteiger partial charge in [0.1, 0.15) is 5.60 Å². The molecule has 0 spiro atoms. The first-order valence-electron chi connectivity index (χ1n) is 15.7. The number of rotatable bonds is 21. The van der Waals surface area contributed by atoms with Gasteiger partial charge in [-0.15, -0.1) is 0 Å². The number of ether oxygens (including phenoxy) is 3. The molecule has 1 aliphatic rings. The van der Waals surface area contributed by atoms with Crippen LogP contribution >= 0.6 is 0 Å². The van der Waals surface area contributed by atoms with E-state index in [-0.39, 0.29) is 18.4 Å². The molecule has 5 heteroatoms. The maximum atomic E-state index is 12.7. The molecule has 0 amide bonds. The van der Waals surface area contributed by atoms with Crippen molar-refractivity contribution in [2.45, 2.75) is 168 Å². The first kappa shape index (κ1) is 34.9. The minimum absolute atomic E-state index is 0.109. The van der Waals surface area contributed by atoms with Gasteiger partial charge in [0.05, 0.1) is 18.1 Å². The van der Waals surface area contributed by atoms with Crippen molar-refractivity contribution in [1.82, 2.24) is 0 Å². The van der Waals surface area contributed by atoms with Crippen LogP contribution in [0.5, 0.6) is 0 Å². The summed E-state index contributed by atoms with van der Waals surface area (Å²) < 4.78 is 17.7. The predicted octanol–water partition coefficient (Wildman–Crippen LogP) is 8.83. The fourth-order valence-electron chi connectivity index (χ4n) is 4.86. The number of carbonyl (C=O) groups is 1. The van der Waals surface area contributed by atoms with Crippen molar-refractivity contribution in [3.8, 4) is 0 Å². The van der Waals surface area contributed by atoms with Crippen LogP contribution in [0.15, 0.2) is 24.3 Å². The smallest absolute Gasteiger partial charge is 0.312 e. The van der Waals surface area contributed by atoms with Crippen LogP contribution in [0.3, 0.4) is 0 Å². The number of aliphatic hydroxyl groups excluding tert-OH is 1. The summed E-state index contributed by atoms with van der Waals surface area (Å²) in [6.07, 6.45) is 26.4. The van der Waals surface area contributed by atoms with Gasteiger partial charge in [-0.2, -0.15) is 0 Å². The Morgan fingerprint density at radius 1 is 0.947 bits per heavy atom. The number of allylic oxidation sites excluding steroid dienone is 4. The van der Waals surface area contributed by atoms with Crippen LogP contribution in [0.4, 0.5) is 0 Å². The van der Waals surface area contributed by atoms with Crippen LogP contribution in [0.2, 0.25) is 0 Å². The molecule has 0 radical (unpaired) electrons. The van der Waals surface area contributed by atoms with Crippen molar-refractivity contribution < 1.29 is 24.1 Å². The van der Waals surface area contributed by atoms with Gasteiger partial charge < -0.3 is 19.3 Å². The van der Waals surface area contributed by atoms with Crippen molar-refractivity contribution in [2.24, 2.45) is 5.92 Å². The second-order valence-corrected chi connectivity index (χ2v) is 11.9. The van der Waals surface area contributed by atoms with Crippen molar-refractivity contribution in [1.29, 1.82) is 0 Å². The molecule has 0 aromatic heterocycles. The van der Waals surface area contributed by atoms with E-state index in [0.29, 0.717) is 12.8 Å². The van der Waals surface area contributed by atoms with Gasteiger partial charge in [-0.25, -0.2) is 0 Å². The molecular weight excluding hydrogens is 476 g/mol. The summed E-state index contributed by atoms with van der Waals surface area (Å²) in [7, 11) is 0. The van der Waals surface area contributed by atoms with Crippen molar-refractivity contribution in [3.05, 3.63) is 24.3 Å². The molecular formula is C33H60O5. The molecule has 1 heterocycles. The van der Waals surface area contributed by atoms with Gasteiger partial charge in [0.2, 0.25) is 0 Å². The fourth-order valence-corrected chi connectivity index (χ4v) is 4.86. The highest BCUT2D eigenvalue weighted by Gasteiger charge is 2.32. The highest BCUT2D eigenvalue weighted by Crippen LogP contribution is 2.25. The molecule has 222 valence electrons. The first-order chi connectivity index (χ1) is 18.3. The Morgan fingerprint density at radius 3 is 2.21 bits per heavy atom. The van der Waals surface area contributed by atoms with E-state index in [1.54, 1.807) is 0 Å². The molecule has 0 aromatic rings. The quantitative estimate of drug-likeness (QED) is 0.0901. The molecule has 1 rings (SSSR count). The Balaban J connectivity index is 2.36. The monoisotopic (exact) mass is 536 g/mol. The minimum atomic E-state index is -0.776. The third kappa shape index (κ3) is 18.2. The number of carbonyl (C=O) groups excluding carboxylic acids is 1. The van der Waals surface area contributed by atoms with Crippen molar-refractivity contribution in [2.75, 3.05) is 6.61 Å². The third-order valence-electron chi connectivity index (χ3n) is 7.08. The molecule has 1 N–H and O–H groups in total. The Kier molecular flexibility index (Phi) is 19.8. The van der Waals surface area contributed by atoms with Crippen molar-refractivity contribution in [3.63, 3.8) is 0 Å². The SMILES string of the molecule is CCCCC/C=C\C/C=C\CCCCCCCC(CC(O)C(CC)C(=O)OC(C)(C)C)OC1CCCCO1. The fraction of sp³-hybridized carbons (Fsp3) is 0.848. The molecule has 38 heavy (non-hydrogen) atoms. The molecule has 0 saturated carbocycles. The predicted molar refractivity (Wildman–Crippen MR) is 158 cm³/mol. The Bertz CT molecular complexity index is 630. The van der Waals surface area contributed by atoms with Crippen LogP contribution in [-0.2, 0) is 19.0 Å². The number of esters is 1. The van der Waals surface area contributed by atoms with Gasteiger partial charge in [-0.3, -0.25) is 4.79 Å². The van der Waals surface area contributed by atoms with E-state index < -0.39 is 17.6 Å². The van der Waals surface area contributed by atoms with Gasteiger partial charge in [0, 0.05) is 13.0 Å². The van der Waals surface area contributed by atoms with Gasteiger partial charge in [0.15, 0.2) is 6.29 Å². The number of aliphatic hydroxyl groups is 1. The summed E-state index contributed by atoms with van der Waals surface area (Å²) >= 11 is 0. The molecule has 1 saturated heterocycles. The normalized spacial score (nSPS) is 19.2. The zero-order chi connectivity index (χ0) is 28.1. The molecule has 4 atom stereocenters. The maximum absolute atomic E-state index is 12.7. The molecule has 4 unspecified atom stereocenters. The van der Waals surface area contributed by atoms with E-state index in [1.165, 1.54) is 44.9 Å². The summed E-state index contributed by atoms with van der Waals surface area (Å²) in [6, 6.07) is 0. The lowest BCUT2D eigenvalue weighted by atomic mass is 9.92. The molecule has 1 fully saturated rings. The highest BCUT2D eigenvalue weighted by atomic mass is 16.7. The van der Waals surface area contributed by atoms with Crippen LogP contribution < -0.4 is 0 Å². The second-order valence-electron chi connectivity index (χ2n) is 11.9. The lowest BCUT2D eigenvalue weighted by molar-refractivity contribution is -0.196. The highest BCUT2D eigenvalue weighted by molar-refractivity contribution is 5.73. The average Bonchev–Trinajstić information content (AvgIpc) is 2.86. The second kappa shape index (κ2) is 21.6. The Hall–Kier alpha value is -1.17. The van der Waals surface area contributed by atoms with Crippen LogP contribution in [0.25, 0.3) is 0 Å².